The van der Waals surface area contributed by atoms with Gasteiger partial charge in [0.1, 0.15) is 11.6 Å². The zero-order chi connectivity index (χ0) is 25.0. The lowest BCUT2D eigenvalue weighted by Crippen LogP contribution is -2.51. The number of amides is 2. The van der Waals surface area contributed by atoms with Crippen molar-refractivity contribution in [2.24, 2.45) is 0 Å². The Morgan fingerprint density at radius 1 is 0.939 bits per heavy atom. The predicted octanol–water partition coefficient (Wildman–Crippen LogP) is 3.60. The highest BCUT2D eigenvalue weighted by Crippen LogP contribution is 2.27. The molecule has 0 radical (unpaired) electrons. The average Bonchev–Trinajstić information content (AvgIpc) is 2.69. The molecule has 0 saturated carbocycles. The summed E-state index contributed by atoms with van der Waals surface area (Å²) in [5.41, 5.74) is 0.294. The SMILES string of the molecule is CC1=C(CCNC(=O)C(COC(C)(C)C)NC(=O)OC(C)(C)C)C(=O)c2ccccc2C1=O. The molecule has 8 nitrogen and oxygen atoms in total. The molecule has 0 fully saturated rings. The third-order valence-electron chi connectivity index (χ3n) is 4.85. The first-order valence-electron chi connectivity index (χ1n) is 11.0. The van der Waals surface area contributed by atoms with Crippen LogP contribution < -0.4 is 10.6 Å². The van der Waals surface area contributed by atoms with E-state index in [2.05, 4.69) is 10.6 Å². The van der Waals surface area contributed by atoms with Crippen LogP contribution in [0.25, 0.3) is 0 Å². The van der Waals surface area contributed by atoms with Crippen LogP contribution in [-0.4, -0.2) is 54.0 Å². The summed E-state index contributed by atoms with van der Waals surface area (Å²) in [4.78, 5) is 50.5. The van der Waals surface area contributed by atoms with E-state index in [0.29, 0.717) is 22.3 Å². The van der Waals surface area contributed by atoms with Gasteiger partial charge < -0.3 is 20.1 Å². The van der Waals surface area contributed by atoms with Crippen molar-refractivity contribution in [2.45, 2.75) is 72.1 Å². The first-order chi connectivity index (χ1) is 15.2. The molecule has 0 aromatic heterocycles. The number of hydrogen-bond donors (Lipinski definition) is 2. The fourth-order valence-corrected chi connectivity index (χ4v) is 3.25. The fraction of sp³-hybridized carbons (Fsp3) is 0.520. The van der Waals surface area contributed by atoms with Crippen LogP contribution in [0.3, 0.4) is 0 Å². The van der Waals surface area contributed by atoms with Crippen molar-refractivity contribution in [1.29, 1.82) is 0 Å². The van der Waals surface area contributed by atoms with Crippen LogP contribution in [0.15, 0.2) is 35.4 Å². The number of allylic oxidation sites excluding steroid dienone is 1. The first kappa shape index (κ1) is 26.3. The van der Waals surface area contributed by atoms with Gasteiger partial charge in [0.2, 0.25) is 5.91 Å². The minimum atomic E-state index is -0.987. The van der Waals surface area contributed by atoms with Crippen LogP contribution in [0.2, 0.25) is 0 Å². The zero-order valence-electron chi connectivity index (χ0n) is 20.5. The summed E-state index contributed by atoms with van der Waals surface area (Å²) in [7, 11) is 0. The van der Waals surface area contributed by atoms with Crippen molar-refractivity contribution in [3.8, 4) is 0 Å². The summed E-state index contributed by atoms with van der Waals surface area (Å²) in [5, 5.41) is 5.27. The van der Waals surface area contributed by atoms with Crippen LogP contribution in [0, 0.1) is 0 Å². The van der Waals surface area contributed by atoms with Gasteiger partial charge in [0, 0.05) is 28.8 Å². The van der Waals surface area contributed by atoms with Gasteiger partial charge in [-0.2, -0.15) is 0 Å². The second-order valence-corrected chi connectivity index (χ2v) is 9.97. The van der Waals surface area contributed by atoms with E-state index in [0.717, 1.165) is 0 Å². The lowest BCUT2D eigenvalue weighted by molar-refractivity contribution is -0.126. The van der Waals surface area contributed by atoms with Gasteiger partial charge in [0.15, 0.2) is 11.6 Å². The third kappa shape index (κ3) is 7.53. The molecular weight excluding hydrogens is 424 g/mol. The van der Waals surface area contributed by atoms with Crippen LogP contribution in [0.4, 0.5) is 4.79 Å². The maximum atomic E-state index is 12.9. The first-order valence-corrected chi connectivity index (χ1v) is 11.0. The van der Waals surface area contributed by atoms with Crippen LogP contribution in [0.1, 0.15) is 75.6 Å². The number of carbonyl (C=O) groups excluding carboxylic acids is 4. The minimum absolute atomic E-state index is 0.0545. The maximum absolute atomic E-state index is 12.9. The van der Waals surface area contributed by atoms with E-state index in [1.807, 2.05) is 20.8 Å². The number of fused-ring (bicyclic) bond motifs is 1. The summed E-state index contributed by atoms with van der Waals surface area (Å²) in [5.74, 6) is -0.871. The number of alkyl carbamates (subject to hydrolysis) is 1. The van der Waals surface area contributed by atoms with Gasteiger partial charge >= 0.3 is 6.09 Å². The molecule has 0 saturated heterocycles. The fourth-order valence-electron chi connectivity index (χ4n) is 3.25. The molecule has 0 heterocycles. The van der Waals surface area contributed by atoms with Gasteiger partial charge in [-0.15, -0.1) is 0 Å². The molecular formula is C25H34N2O6. The van der Waals surface area contributed by atoms with Crippen LogP contribution in [-0.2, 0) is 14.3 Å². The summed E-state index contributed by atoms with van der Waals surface area (Å²) in [6, 6.07) is 5.72. The second-order valence-electron chi connectivity index (χ2n) is 9.97. The van der Waals surface area contributed by atoms with E-state index in [-0.39, 0.29) is 31.1 Å². The predicted molar refractivity (Wildman–Crippen MR) is 124 cm³/mol. The maximum Gasteiger partial charge on any atom is 0.408 e. The summed E-state index contributed by atoms with van der Waals surface area (Å²) in [6.07, 6.45) is -0.543. The van der Waals surface area contributed by atoms with Crippen molar-refractivity contribution in [3.63, 3.8) is 0 Å². The average molecular weight is 459 g/mol. The Balaban J connectivity index is 2.05. The Hall–Kier alpha value is -3.00. The Bertz CT molecular complexity index is 966. The van der Waals surface area contributed by atoms with Crippen LogP contribution in [0.5, 0.6) is 0 Å². The smallest absolute Gasteiger partial charge is 0.408 e. The van der Waals surface area contributed by atoms with Gasteiger partial charge in [-0.25, -0.2) is 4.79 Å². The number of ether oxygens (including phenoxy) is 2. The highest BCUT2D eigenvalue weighted by atomic mass is 16.6. The van der Waals surface area contributed by atoms with Gasteiger partial charge in [0.25, 0.3) is 0 Å². The highest BCUT2D eigenvalue weighted by Gasteiger charge is 2.30. The number of ketones is 2. The molecule has 2 N–H and O–H groups in total. The van der Waals surface area contributed by atoms with E-state index in [4.69, 9.17) is 9.47 Å². The van der Waals surface area contributed by atoms with Crippen molar-refractivity contribution >= 4 is 23.6 Å². The molecule has 0 spiro atoms. The number of hydrogen-bond acceptors (Lipinski definition) is 6. The molecule has 0 bridgehead atoms. The van der Waals surface area contributed by atoms with Gasteiger partial charge in [-0.05, 0) is 54.9 Å². The monoisotopic (exact) mass is 458 g/mol. The van der Waals surface area contributed by atoms with Gasteiger partial charge in [-0.1, -0.05) is 24.3 Å². The van der Waals surface area contributed by atoms with Gasteiger partial charge in [-0.3, -0.25) is 14.4 Å². The molecule has 1 aromatic rings. The van der Waals surface area contributed by atoms with E-state index in [1.165, 1.54) is 0 Å². The lowest BCUT2D eigenvalue weighted by Gasteiger charge is -2.26. The quantitative estimate of drug-likeness (QED) is 0.646. The lowest BCUT2D eigenvalue weighted by atomic mass is 9.83. The van der Waals surface area contributed by atoms with E-state index in [1.54, 1.807) is 52.0 Å². The van der Waals surface area contributed by atoms with Crippen molar-refractivity contribution in [3.05, 3.63) is 46.5 Å². The largest absolute Gasteiger partial charge is 0.444 e. The highest BCUT2D eigenvalue weighted by molar-refractivity contribution is 6.26. The normalized spacial score (nSPS) is 15.1. The van der Waals surface area contributed by atoms with Crippen LogP contribution >= 0.6 is 0 Å². The number of carbonyl (C=O) groups is 4. The molecule has 1 aliphatic rings. The molecule has 0 aliphatic heterocycles. The molecule has 1 aliphatic carbocycles. The number of Topliss-reactive ketones (excluding diaryl/α,β-unsaturated/α-hetero) is 2. The summed E-state index contributed by atoms with van der Waals surface area (Å²) < 4.78 is 10.9. The van der Waals surface area contributed by atoms with Gasteiger partial charge in [0.05, 0.1) is 12.2 Å². The number of benzene rings is 1. The molecule has 1 aromatic carbocycles. The standard InChI is InChI=1S/C25H34N2O6/c1-15-16(21(29)18-11-9-8-10-17(18)20(15)28)12-13-26-22(30)19(14-32-24(2,3)4)27-23(31)33-25(5,6)7/h8-11,19H,12-14H2,1-7H3,(H,26,30)(H,27,31). The topological polar surface area (TPSA) is 111 Å². The summed E-state index contributed by atoms with van der Waals surface area (Å²) >= 11 is 0. The molecule has 2 amide bonds. The number of rotatable bonds is 7. The Labute approximate surface area is 195 Å². The minimum Gasteiger partial charge on any atom is -0.444 e. The Morgan fingerprint density at radius 2 is 1.52 bits per heavy atom. The van der Waals surface area contributed by atoms with E-state index >= 15 is 0 Å². The molecule has 180 valence electrons. The Morgan fingerprint density at radius 3 is 2.06 bits per heavy atom. The molecule has 1 atom stereocenters. The molecule has 1 unspecified atom stereocenters. The van der Waals surface area contributed by atoms with E-state index < -0.39 is 29.2 Å². The molecule has 2 rings (SSSR count). The molecule has 8 heteroatoms. The second kappa shape index (κ2) is 10.3. The zero-order valence-corrected chi connectivity index (χ0v) is 20.5. The third-order valence-corrected chi connectivity index (χ3v) is 4.85. The van der Waals surface area contributed by atoms with Crippen molar-refractivity contribution in [1.82, 2.24) is 10.6 Å². The molecule has 33 heavy (non-hydrogen) atoms. The van der Waals surface area contributed by atoms with E-state index in [9.17, 15) is 19.2 Å². The van der Waals surface area contributed by atoms with Crippen molar-refractivity contribution < 1.29 is 28.7 Å². The number of nitrogens with one attached hydrogen (secondary N) is 2. The van der Waals surface area contributed by atoms with Crippen molar-refractivity contribution in [2.75, 3.05) is 13.2 Å². The summed E-state index contributed by atoms with van der Waals surface area (Å²) in [6.45, 7) is 12.4. The Kier molecular flexibility index (Phi) is 8.19.